The molecule has 1 aliphatic carbocycles. The molecule has 0 aromatic rings. The summed E-state index contributed by atoms with van der Waals surface area (Å²) in [6, 6.07) is 0.708. The molecule has 1 N–H and O–H groups in total. The second kappa shape index (κ2) is 8.24. The maximum Gasteiger partial charge on any atom is 0.0832 e. The number of hydrogen-bond donors (Lipinski definition) is 1. The summed E-state index contributed by atoms with van der Waals surface area (Å²) in [4.78, 5) is 0. The number of rotatable bonds is 8. The Morgan fingerprint density at radius 2 is 1.88 bits per heavy atom. The summed E-state index contributed by atoms with van der Waals surface area (Å²) >= 11 is 0. The molecule has 0 aromatic carbocycles. The van der Waals surface area contributed by atoms with E-state index < -0.39 is 0 Å². The lowest BCUT2D eigenvalue weighted by molar-refractivity contribution is -0.0382. The van der Waals surface area contributed by atoms with Gasteiger partial charge in [0.05, 0.1) is 11.8 Å². The third kappa shape index (κ3) is 6.00. The highest BCUT2D eigenvalue weighted by Crippen LogP contribution is 2.18. The molecule has 1 fully saturated rings. The Hall–Kier alpha value is 0.0969. The third-order valence-corrected chi connectivity index (χ3v) is 4.41. The molecule has 1 aliphatic rings. The first kappa shape index (κ1) is 15.2. The second-order valence-corrected chi connectivity index (χ2v) is 7.06. The van der Waals surface area contributed by atoms with Crippen molar-refractivity contribution in [2.45, 2.75) is 57.2 Å². The lowest BCUT2D eigenvalue weighted by Crippen LogP contribution is -2.50. The first-order valence-electron chi connectivity index (χ1n) is 7.15. The van der Waals surface area contributed by atoms with Crippen LogP contribution in [0.15, 0.2) is 0 Å². The van der Waals surface area contributed by atoms with E-state index in [0.717, 1.165) is 36.6 Å². The Balaban J connectivity index is 2.31. The zero-order chi connectivity index (χ0) is 12.6. The SMILES string of the molecule is CCOCC([SiH3])(CNC1CCCCC1)OCC. The molecule has 0 bridgehead atoms. The molecule has 102 valence electrons. The molecule has 1 rings (SSSR count). The lowest BCUT2D eigenvalue weighted by Gasteiger charge is -2.33. The van der Waals surface area contributed by atoms with Crippen LogP contribution in [0.4, 0.5) is 0 Å². The molecule has 0 saturated heterocycles. The molecule has 0 aliphatic heterocycles. The number of ether oxygens (including phenoxy) is 2. The van der Waals surface area contributed by atoms with E-state index in [1.807, 2.05) is 6.92 Å². The molecule has 3 nitrogen and oxygen atoms in total. The van der Waals surface area contributed by atoms with Gasteiger partial charge in [0.2, 0.25) is 0 Å². The van der Waals surface area contributed by atoms with Gasteiger partial charge in [-0.3, -0.25) is 0 Å². The van der Waals surface area contributed by atoms with Crippen LogP contribution >= 0.6 is 0 Å². The van der Waals surface area contributed by atoms with Gasteiger partial charge in [-0.25, -0.2) is 0 Å². The zero-order valence-electron chi connectivity index (χ0n) is 11.8. The van der Waals surface area contributed by atoms with Gasteiger partial charge in [0, 0.05) is 36.0 Å². The van der Waals surface area contributed by atoms with Crippen molar-refractivity contribution in [3.8, 4) is 0 Å². The maximum absolute atomic E-state index is 5.90. The Labute approximate surface area is 109 Å². The van der Waals surface area contributed by atoms with Gasteiger partial charge in [0.1, 0.15) is 0 Å². The molecule has 0 spiro atoms. The molecule has 0 heterocycles. The summed E-state index contributed by atoms with van der Waals surface area (Å²) in [5.41, 5.74) is 0. The average molecular weight is 259 g/mol. The number of hydrogen-bond acceptors (Lipinski definition) is 3. The topological polar surface area (TPSA) is 30.5 Å². The van der Waals surface area contributed by atoms with Gasteiger partial charge < -0.3 is 14.8 Å². The fourth-order valence-electron chi connectivity index (χ4n) is 2.48. The van der Waals surface area contributed by atoms with Gasteiger partial charge in [-0.15, -0.1) is 0 Å². The summed E-state index contributed by atoms with van der Waals surface area (Å²) in [6.07, 6.45) is 6.84. The highest BCUT2D eigenvalue weighted by molar-refractivity contribution is 6.14. The van der Waals surface area contributed by atoms with Gasteiger partial charge in [-0.1, -0.05) is 19.3 Å². The smallest absolute Gasteiger partial charge is 0.0832 e. The Morgan fingerprint density at radius 1 is 1.18 bits per heavy atom. The third-order valence-electron chi connectivity index (χ3n) is 3.47. The summed E-state index contributed by atoms with van der Waals surface area (Å²) in [7, 11) is 1.01. The van der Waals surface area contributed by atoms with Crippen molar-refractivity contribution in [2.24, 2.45) is 0 Å². The lowest BCUT2D eigenvalue weighted by atomic mass is 9.95. The van der Waals surface area contributed by atoms with Crippen LogP contribution in [0.5, 0.6) is 0 Å². The molecular weight excluding hydrogens is 230 g/mol. The van der Waals surface area contributed by atoms with Crippen molar-refractivity contribution >= 4 is 10.2 Å². The fourth-order valence-corrected chi connectivity index (χ4v) is 3.17. The molecule has 4 heteroatoms. The van der Waals surface area contributed by atoms with Crippen molar-refractivity contribution in [3.63, 3.8) is 0 Å². The molecule has 1 saturated carbocycles. The molecule has 0 amide bonds. The van der Waals surface area contributed by atoms with E-state index in [-0.39, 0.29) is 5.22 Å². The minimum absolute atomic E-state index is 0.0395. The first-order chi connectivity index (χ1) is 8.20. The van der Waals surface area contributed by atoms with Crippen LogP contribution in [0.1, 0.15) is 46.0 Å². The van der Waals surface area contributed by atoms with Crippen LogP contribution in [0.25, 0.3) is 0 Å². The van der Waals surface area contributed by atoms with Crippen LogP contribution < -0.4 is 5.32 Å². The Bertz CT molecular complexity index is 198. The van der Waals surface area contributed by atoms with Gasteiger partial charge in [-0.05, 0) is 26.7 Å². The van der Waals surface area contributed by atoms with Gasteiger partial charge in [0.15, 0.2) is 0 Å². The van der Waals surface area contributed by atoms with Crippen molar-refractivity contribution in [1.82, 2.24) is 5.32 Å². The average Bonchev–Trinajstić information content (AvgIpc) is 2.36. The van der Waals surface area contributed by atoms with E-state index in [1.165, 1.54) is 32.1 Å². The Kier molecular flexibility index (Phi) is 7.35. The largest absolute Gasteiger partial charge is 0.379 e. The predicted octanol–water partition coefficient (Wildman–Crippen LogP) is 1.04. The van der Waals surface area contributed by atoms with Crippen LogP contribution in [-0.2, 0) is 9.47 Å². The Morgan fingerprint density at radius 3 is 2.47 bits per heavy atom. The summed E-state index contributed by atoms with van der Waals surface area (Å²) in [6.45, 7) is 7.37. The van der Waals surface area contributed by atoms with Crippen LogP contribution in [0.3, 0.4) is 0 Å². The van der Waals surface area contributed by atoms with E-state index in [0.29, 0.717) is 6.04 Å². The van der Waals surface area contributed by atoms with Crippen LogP contribution in [-0.4, -0.2) is 47.9 Å². The van der Waals surface area contributed by atoms with Gasteiger partial charge in [0.25, 0.3) is 0 Å². The molecule has 1 atom stereocenters. The minimum atomic E-state index is -0.0395. The van der Waals surface area contributed by atoms with Crippen molar-refractivity contribution < 1.29 is 9.47 Å². The van der Waals surface area contributed by atoms with Crippen molar-refractivity contribution in [3.05, 3.63) is 0 Å². The van der Waals surface area contributed by atoms with E-state index >= 15 is 0 Å². The second-order valence-electron chi connectivity index (χ2n) is 5.24. The number of nitrogens with one attached hydrogen (secondary N) is 1. The van der Waals surface area contributed by atoms with Gasteiger partial charge >= 0.3 is 0 Å². The summed E-state index contributed by atoms with van der Waals surface area (Å²) in [5, 5.41) is 3.65. The van der Waals surface area contributed by atoms with E-state index in [1.54, 1.807) is 0 Å². The maximum atomic E-state index is 5.90. The van der Waals surface area contributed by atoms with E-state index in [9.17, 15) is 0 Å². The predicted molar refractivity (Wildman–Crippen MR) is 75.7 cm³/mol. The van der Waals surface area contributed by atoms with Crippen molar-refractivity contribution in [2.75, 3.05) is 26.4 Å². The first-order valence-corrected chi connectivity index (χ1v) is 8.15. The minimum Gasteiger partial charge on any atom is -0.379 e. The van der Waals surface area contributed by atoms with Crippen LogP contribution in [0, 0.1) is 0 Å². The zero-order valence-corrected chi connectivity index (χ0v) is 13.8. The normalized spacial score (nSPS) is 21.5. The summed E-state index contributed by atoms with van der Waals surface area (Å²) in [5.74, 6) is 0. The van der Waals surface area contributed by atoms with Crippen LogP contribution in [0.2, 0.25) is 0 Å². The molecular formula is C13H29NO2Si. The molecule has 1 unspecified atom stereocenters. The van der Waals surface area contributed by atoms with E-state index in [4.69, 9.17) is 9.47 Å². The summed E-state index contributed by atoms with van der Waals surface area (Å²) < 4.78 is 11.5. The molecule has 0 aromatic heterocycles. The van der Waals surface area contributed by atoms with E-state index in [2.05, 4.69) is 12.2 Å². The molecule has 17 heavy (non-hydrogen) atoms. The fraction of sp³-hybridized carbons (Fsp3) is 1.00. The van der Waals surface area contributed by atoms with Gasteiger partial charge in [-0.2, -0.15) is 0 Å². The molecule has 0 radical (unpaired) electrons. The van der Waals surface area contributed by atoms with Crippen molar-refractivity contribution in [1.29, 1.82) is 0 Å². The monoisotopic (exact) mass is 259 g/mol. The highest BCUT2D eigenvalue weighted by Gasteiger charge is 2.26. The quantitative estimate of drug-likeness (QED) is 0.661. The highest BCUT2D eigenvalue weighted by atomic mass is 28.1. The standard InChI is InChI=1S/C13H29NO2Si/c1-3-15-11-13(17,16-4-2)10-14-12-8-6-5-7-9-12/h12,14H,3-11H2,1-2,17H3.